The van der Waals surface area contributed by atoms with Crippen molar-refractivity contribution in [1.29, 1.82) is 0 Å². The Bertz CT molecular complexity index is 424. The van der Waals surface area contributed by atoms with E-state index in [4.69, 9.17) is 16.7 Å². The third kappa shape index (κ3) is 5.47. The summed E-state index contributed by atoms with van der Waals surface area (Å²) in [5.41, 5.74) is 0.160. The zero-order valence-electron chi connectivity index (χ0n) is 11.4. The Kier molecular flexibility index (Phi) is 6.64. The number of nitrogens with zero attached hydrogens (tertiary/aromatic N) is 1. The van der Waals surface area contributed by atoms with Crippen LogP contribution in [0.5, 0.6) is 0 Å². The van der Waals surface area contributed by atoms with Gasteiger partial charge in [-0.15, -0.1) is 0 Å². The second-order valence-electron chi connectivity index (χ2n) is 4.64. The Morgan fingerprint density at radius 1 is 1.37 bits per heavy atom. The molecule has 0 saturated heterocycles. The predicted molar refractivity (Wildman–Crippen MR) is 78.1 cm³/mol. The van der Waals surface area contributed by atoms with Gasteiger partial charge in [-0.25, -0.2) is 9.78 Å². The number of carboxylic acids is 1. The molecule has 0 saturated carbocycles. The van der Waals surface area contributed by atoms with E-state index in [1.807, 2.05) is 0 Å². The number of carboxylic acid groups (broad SMARTS) is 1. The molecule has 19 heavy (non-hydrogen) atoms. The van der Waals surface area contributed by atoms with Gasteiger partial charge in [0, 0.05) is 6.04 Å². The Hall–Kier alpha value is -1.29. The fourth-order valence-corrected chi connectivity index (χ4v) is 2.20. The molecule has 0 spiro atoms. The summed E-state index contributed by atoms with van der Waals surface area (Å²) in [6.07, 6.45) is 5.46. The van der Waals surface area contributed by atoms with E-state index in [2.05, 4.69) is 24.1 Å². The Labute approximate surface area is 119 Å². The average Bonchev–Trinajstić information content (AvgIpc) is 2.35. The van der Waals surface area contributed by atoms with E-state index in [1.165, 1.54) is 12.1 Å². The van der Waals surface area contributed by atoms with Crippen molar-refractivity contribution in [3.63, 3.8) is 0 Å². The molecule has 1 heterocycles. The minimum absolute atomic E-state index is 0.160. The van der Waals surface area contributed by atoms with E-state index in [1.54, 1.807) is 0 Å². The molecule has 0 bridgehead atoms. The minimum Gasteiger partial charge on any atom is -0.478 e. The van der Waals surface area contributed by atoms with Crippen LogP contribution in [0.2, 0.25) is 5.15 Å². The quantitative estimate of drug-likeness (QED) is 0.702. The normalized spacial score (nSPS) is 12.2. The number of unbranched alkanes of at least 4 members (excludes halogenated alkanes) is 1. The molecule has 106 valence electrons. The Morgan fingerprint density at radius 3 is 2.68 bits per heavy atom. The van der Waals surface area contributed by atoms with Crippen molar-refractivity contribution in [2.45, 2.75) is 52.0 Å². The molecule has 1 rings (SSSR count). The van der Waals surface area contributed by atoms with Gasteiger partial charge >= 0.3 is 5.97 Å². The lowest BCUT2D eigenvalue weighted by atomic mass is 10.1. The lowest BCUT2D eigenvalue weighted by Gasteiger charge is -2.18. The van der Waals surface area contributed by atoms with Gasteiger partial charge < -0.3 is 10.4 Å². The molecular formula is C14H21ClN2O2. The number of hydrogen-bond donors (Lipinski definition) is 2. The van der Waals surface area contributed by atoms with Crippen molar-refractivity contribution in [2.24, 2.45) is 0 Å². The summed E-state index contributed by atoms with van der Waals surface area (Å²) < 4.78 is 0. The second kappa shape index (κ2) is 8.00. The zero-order valence-corrected chi connectivity index (χ0v) is 12.2. The number of aromatic carboxylic acids is 1. The van der Waals surface area contributed by atoms with Crippen LogP contribution >= 0.6 is 11.6 Å². The first kappa shape index (κ1) is 15.8. The van der Waals surface area contributed by atoms with Crippen LogP contribution in [-0.2, 0) is 0 Å². The molecule has 0 aromatic carbocycles. The highest BCUT2D eigenvalue weighted by Gasteiger charge is 2.11. The van der Waals surface area contributed by atoms with Crippen molar-refractivity contribution >= 4 is 23.4 Å². The smallest absolute Gasteiger partial charge is 0.335 e. The zero-order chi connectivity index (χ0) is 14.3. The molecule has 1 aromatic rings. The maximum atomic E-state index is 11.0. The van der Waals surface area contributed by atoms with Gasteiger partial charge in [-0.05, 0) is 25.0 Å². The van der Waals surface area contributed by atoms with Crippen LogP contribution in [0.15, 0.2) is 12.1 Å². The van der Waals surface area contributed by atoms with Gasteiger partial charge in [0.15, 0.2) is 0 Å². The summed E-state index contributed by atoms with van der Waals surface area (Å²) in [6.45, 7) is 4.29. The van der Waals surface area contributed by atoms with E-state index in [0.717, 1.165) is 32.1 Å². The Balaban J connectivity index is 2.79. The van der Waals surface area contributed by atoms with Crippen LogP contribution in [0.4, 0.5) is 5.82 Å². The first-order valence-electron chi connectivity index (χ1n) is 6.74. The van der Waals surface area contributed by atoms with Crippen LogP contribution in [0.25, 0.3) is 0 Å². The maximum Gasteiger partial charge on any atom is 0.335 e. The number of halogens is 1. The van der Waals surface area contributed by atoms with E-state index in [0.29, 0.717) is 11.9 Å². The first-order valence-corrected chi connectivity index (χ1v) is 7.12. The van der Waals surface area contributed by atoms with E-state index in [-0.39, 0.29) is 10.7 Å². The molecule has 4 nitrogen and oxygen atoms in total. The third-order valence-electron chi connectivity index (χ3n) is 2.94. The molecule has 2 N–H and O–H groups in total. The van der Waals surface area contributed by atoms with Crippen LogP contribution in [-0.4, -0.2) is 22.1 Å². The predicted octanol–water partition coefficient (Wildman–Crippen LogP) is 4.20. The molecule has 0 amide bonds. The number of hydrogen-bond acceptors (Lipinski definition) is 3. The molecule has 5 heteroatoms. The number of pyridine rings is 1. The molecule has 0 aliphatic heterocycles. The summed E-state index contributed by atoms with van der Waals surface area (Å²) in [7, 11) is 0. The number of carbonyl (C=O) groups is 1. The molecule has 0 radical (unpaired) electrons. The van der Waals surface area contributed by atoms with Crippen LogP contribution in [0.1, 0.15) is 56.3 Å². The van der Waals surface area contributed by atoms with Crippen molar-refractivity contribution < 1.29 is 9.90 Å². The topological polar surface area (TPSA) is 62.2 Å². The summed E-state index contributed by atoms with van der Waals surface area (Å²) in [5.74, 6) is -0.451. The standard InChI is InChI=1S/C14H21ClN2O2/c1-3-5-7-11(6-4-2)16-13-9-10(14(18)19)8-12(15)17-13/h8-9,11H,3-7H2,1-2H3,(H,16,17)(H,18,19). The Morgan fingerprint density at radius 2 is 2.11 bits per heavy atom. The third-order valence-corrected chi connectivity index (χ3v) is 3.13. The largest absolute Gasteiger partial charge is 0.478 e. The fourth-order valence-electron chi connectivity index (χ4n) is 1.99. The van der Waals surface area contributed by atoms with Crippen molar-refractivity contribution in [3.05, 3.63) is 22.8 Å². The van der Waals surface area contributed by atoms with Gasteiger partial charge in [-0.1, -0.05) is 44.7 Å². The minimum atomic E-state index is -0.993. The summed E-state index contributed by atoms with van der Waals surface area (Å²) in [6, 6.07) is 3.20. The van der Waals surface area contributed by atoms with Crippen molar-refractivity contribution in [3.8, 4) is 0 Å². The van der Waals surface area contributed by atoms with Gasteiger partial charge in [0.1, 0.15) is 11.0 Å². The number of rotatable bonds is 8. The molecule has 0 aliphatic carbocycles. The van der Waals surface area contributed by atoms with Crippen LogP contribution < -0.4 is 5.32 Å². The molecule has 1 unspecified atom stereocenters. The molecule has 0 fully saturated rings. The monoisotopic (exact) mass is 284 g/mol. The highest BCUT2D eigenvalue weighted by molar-refractivity contribution is 6.29. The average molecular weight is 285 g/mol. The summed E-state index contributed by atoms with van der Waals surface area (Å²) in [5, 5.41) is 12.5. The summed E-state index contributed by atoms with van der Waals surface area (Å²) >= 11 is 5.84. The van der Waals surface area contributed by atoms with E-state index < -0.39 is 5.97 Å². The number of nitrogens with one attached hydrogen (secondary N) is 1. The van der Waals surface area contributed by atoms with Crippen molar-refractivity contribution in [1.82, 2.24) is 4.98 Å². The van der Waals surface area contributed by atoms with Gasteiger partial charge in [0.05, 0.1) is 5.56 Å². The van der Waals surface area contributed by atoms with Crippen LogP contribution in [0.3, 0.4) is 0 Å². The highest BCUT2D eigenvalue weighted by Crippen LogP contribution is 2.18. The SMILES string of the molecule is CCCCC(CCC)Nc1cc(C(=O)O)cc(Cl)n1. The molecular weight excluding hydrogens is 264 g/mol. The molecule has 1 atom stereocenters. The summed E-state index contributed by atoms with van der Waals surface area (Å²) in [4.78, 5) is 15.1. The van der Waals surface area contributed by atoms with Gasteiger partial charge in [0.2, 0.25) is 0 Å². The molecule has 0 aliphatic rings. The highest BCUT2D eigenvalue weighted by atomic mass is 35.5. The number of aromatic nitrogens is 1. The van der Waals surface area contributed by atoms with Gasteiger partial charge in [0.25, 0.3) is 0 Å². The first-order chi connectivity index (χ1) is 9.06. The lowest BCUT2D eigenvalue weighted by Crippen LogP contribution is -2.20. The van der Waals surface area contributed by atoms with E-state index in [9.17, 15) is 4.79 Å². The van der Waals surface area contributed by atoms with Gasteiger partial charge in [-0.3, -0.25) is 0 Å². The second-order valence-corrected chi connectivity index (χ2v) is 5.03. The van der Waals surface area contributed by atoms with Crippen molar-refractivity contribution in [2.75, 3.05) is 5.32 Å². The molecule has 1 aromatic heterocycles. The van der Waals surface area contributed by atoms with Gasteiger partial charge in [-0.2, -0.15) is 0 Å². The fraction of sp³-hybridized carbons (Fsp3) is 0.571. The van der Waals surface area contributed by atoms with Crippen LogP contribution in [0, 0.1) is 0 Å². The number of anilines is 1. The van der Waals surface area contributed by atoms with E-state index >= 15 is 0 Å². The lowest BCUT2D eigenvalue weighted by molar-refractivity contribution is 0.0697. The maximum absolute atomic E-state index is 11.0.